The molecule has 0 atom stereocenters. The third kappa shape index (κ3) is 2.28. The summed E-state index contributed by atoms with van der Waals surface area (Å²) >= 11 is 0. The lowest BCUT2D eigenvalue weighted by molar-refractivity contribution is 0.134. The van der Waals surface area contributed by atoms with Crippen molar-refractivity contribution in [3.63, 3.8) is 0 Å². The van der Waals surface area contributed by atoms with E-state index in [4.69, 9.17) is 4.74 Å². The fourth-order valence-corrected chi connectivity index (χ4v) is 1.31. The molecule has 3 heteroatoms. The summed E-state index contributed by atoms with van der Waals surface area (Å²) in [6.45, 7) is 12.9. The van der Waals surface area contributed by atoms with Crippen LogP contribution in [0.15, 0.2) is 17.1 Å². The van der Waals surface area contributed by atoms with Crippen molar-refractivity contribution >= 4 is 6.40 Å². The van der Waals surface area contributed by atoms with Gasteiger partial charge in [-0.2, -0.15) is 0 Å². The van der Waals surface area contributed by atoms with Crippen LogP contribution in [0, 0.1) is 5.41 Å². The molecular weight excluding hydrogens is 176 g/mol. The summed E-state index contributed by atoms with van der Waals surface area (Å²) < 4.78 is 5.14. The van der Waals surface area contributed by atoms with Crippen LogP contribution in [0.5, 0.6) is 0 Å². The monoisotopic (exact) mass is 196 g/mol. The van der Waals surface area contributed by atoms with Crippen molar-refractivity contribution in [2.24, 2.45) is 10.5 Å². The molecular formula is C11H20N2O. The van der Waals surface area contributed by atoms with Crippen molar-refractivity contribution < 1.29 is 4.74 Å². The highest BCUT2D eigenvalue weighted by molar-refractivity contribution is 5.49. The molecule has 0 saturated heterocycles. The molecule has 0 saturated carbocycles. The second-order valence-corrected chi connectivity index (χ2v) is 5.59. The van der Waals surface area contributed by atoms with Crippen molar-refractivity contribution in [1.29, 1.82) is 0 Å². The maximum atomic E-state index is 5.14. The van der Waals surface area contributed by atoms with Crippen molar-refractivity contribution in [2.45, 2.75) is 47.1 Å². The summed E-state index contributed by atoms with van der Waals surface area (Å²) in [5.74, 6) is 0. The minimum atomic E-state index is -0.0145. The predicted molar refractivity (Wildman–Crippen MR) is 58.7 cm³/mol. The fraction of sp³-hybridized carbons (Fsp3) is 0.727. The van der Waals surface area contributed by atoms with Gasteiger partial charge in [-0.1, -0.05) is 20.8 Å². The molecule has 80 valence electrons. The number of hydrogen-bond donors (Lipinski definition) is 0. The molecule has 0 bridgehead atoms. The molecule has 1 aliphatic rings. The fourth-order valence-electron chi connectivity index (χ4n) is 1.31. The van der Waals surface area contributed by atoms with Crippen LogP contribution in [-0.4, -0.2) is 16.9 Å². The zero-order chi connectivity index (χ0) is 11.0. The van der Waals surface area contributed by atoms with Crippen LogP contribution in [0.3, 0.4) is 0 Å². The molecule has 0 N–H and O–H groups in total. The van der Waals surface area contributed by atoms with E-state index >= 15 is 0 Å². The highest BCUT2D eigenvalue weighted by Gasteiger charge is 2.32. The van der Waals surface area contributed by atoms with Gasteiger partial charge in [0.25, 0.3) is 0 Å². The molecule has 0 spiro atoms. The van der Waals surface area contributed by atoms with Crippen LogP contribution in [0.1, 0.15) is 41.5 Å². The number of nitrogens with zero attached hydrogens (tertiary/aromatic N) is 2. The summed E-state index contributed by atoms with van der Waals surface area (Å²) in [4.78, 5) is 0. The van der Waals surface area contributed by atoms with Crippen molar-refractivity contribution in [2.75, 3.05) is 0 Å². The van der Waals surface area contributed by atoms with E-state index in [1.807, 2.05) is 5.01 Å². The highest BCUT2D eigenvalue weighted by atomic mass is 16.5. The van der Waals surface area contributed by atoms with Gasteiger partial charge in [0, 0.05) is 5.41 Å². The van der Waals surface area contributed by atoms with E-state index in [-0.39, 0.29) is 11.0 Å². The van der Waals surface area contributed by atoms with Crippen LogP contribution in [0.4, 0.5) is 0 Å². The normalized spacial score (nSPS) is 17.9. The number of rotatable bonds is 0. The summed E-state index contributed by atoms with van der Waals surface area (Å²) in [7, 11) is 0. The first-order valence-corrected chi connectivity index (χ1v) is 4.92. The minimum absolute atomic E-state index is 0.0145. The van der Waals surface area contributed by atoms with Gasteiger partial charge in [-0.3, -0.25) is 5.01 Å². The minimum Gasteiger partial charge on any atom is -0.450 e. The summed E-state index contributed by atoms with van der Waals surface area (Å²) in [5.41, 5.74) is 1.14. The Balaban J connectivity index is 2.99. The average Bonchev–Trinajstić information content (AvgIpc) is 2.01. The Labute approximate surface area is 86.4 Å². The lowest BCUT2D eigenvalue weighted by Crippen LogP contribution is -2.41. The van der Waals surface area contributed by atoms with Crippen LogP contribution in [0.2, 0.25) is 0 Å². The van der Waals surface area contributed by atoms with E-state index in [1.54, 1.807) is 6.26 Å². The predicted octanol–water partition coefficient (Wildman–Crippen LogP) is 2.95. The van der Waals surface area contributed by atoms with E-state index in [2.05, 4.69) is 46.6 Å². The van der Waals surface area contributed by atoms with Gasteiger partial charge in [0.2, 0.25) is 0 Å². The van der Waals surface area contributed by atoms with E-state index in [0.29, 0.717) is 0 Å². The molecule has 0 aromatic rings. The summed E-state index contributed by atoms with van der Waals surface area (Å²) in [6.07, 6.45) is 3.25. The molecule has 1 heterocycles. The van der Waals surface area contributed by atoms with Gasteiger partial charge in [-0.25, -0.2) is 0 Å². The van der Waals surface area contributed by atoms with Crippen LogP contribution < -0.4 is 0 Å². The van der Waals surface area contributed by atoms with Gasteiger partial charge >= 0.3 is 0 Å². The third-order valence-corrected chi connectivity index (χ3v) is 2.04. The molecule has 0 fully saturated rings. The Hall–Kier alpha value is -0.990. The van der Waals surface area contributed by atoms with Gasteiger partial charge in [0.15, 0.2) is 6.40 Å². The Morgan fingerprint density at radius 2 is 1.71 bits per heavy atom. The SMILES string of the molecule is CC(C)(C)C1=COC=NN1C(C)(C)C. The van der Waals surface area contributed by atoms with Gasteiger partial charge in [0.05, 0.1) is 11.2 Å². The number of hydrazone groups is 1. The quantitative estimate of drug-likeness (QED) is 0.595. The van der Waals surface area contributed by atoms with Crippen molar-refractivity contribution in [3.05, 3.63) is 12.0 Å². The second-order valence-electron chi connectivity index (χ2n) is 5.59. The highest BCUT2D eigenvalue weighted by Crippen LogP contribution is 2.34. The van der Waals surface area contributed by atoms with Crippen molar-refractivity contribution in [1.82, 2.24) is 5.01 Å². The van der Waals surface area contributed by atoms with E-state index in [9.17, 15) is 0 Å². The van der Waals surface area contributed by atoms with Crippen molar-refractivity contribution in [3.8, 4) is 0 Å². The van der Waals surface area contributed by atoms with Crippen LogP contribution in [-0.2, 0) is 4.74 Å². The lowest BCUT2D eigenvalue weighted by Gasteiger charge is -2.40. The van der Waals surface area contributed by atoms with Gasteiger partial charge in [-0.05, 0) is 20.8 Å². The topological polar surface area (TPSA) is 24.8 Å². The number of allylic oxidation sites excluding steroid dienone is 1. The maximum Gasteiger partial charge on any atom is 0.198 e. The largest absolute Gasteiger partial charge is 0.450 e. The van der Waals surface area contributed by atoms with Gasteiger partial charge in [0.1, 0.15) is 6.26 Å². The Kier molecular flexibility index (Phi) is 2.61. The molecule has 0 amide bonds. The van der Waals surface area contributed by atoms with E-state index < -0.39 is 0 Å². The number of hydrogen-bond acceptors (Lipinski definition) is 3. The van der Waals surface area contributed by atoms with Gasteiger partial charge in [-0.15, -0.1) is 5.10 Å². The third-order valence-electron chi connectivity index (χ3n) is 2.04. The first-order valence-electron chi connectivity index (χ1n) is 4.92. The molecule has 0 aromatic carbocycles. The summed E-state index contributed by atoms with van der Waals surface area (Å²) in [5, 5.41) is 6.28. The maximum absolute atomic E-state index is 5.14. The summed E-state index contributed by atoms with van der Waals surface area (Å²) in [6, 6.07) is 0. The van der Waals surface area contributed by atoms with Gasteiger partial charge < -0.3 is 4.74 Å². The molecule has 14 heavy (non-hydrogen) atoms. The average molecular weight is 196 g/mol. The smallest absolute Gasteiger partial charge is 0.198 e. The Morgan fingerprint density at radius 3 is 2.07 bits per heavy atom. The molecule has 1 rings (SSSR count). The van der Waals surface area contributed by atoms with E-state index in [0.717, 1.165) is 5.70 Å². The Morgan fingerprint density at radius 1 is 1.14 bits per heavy atom. The van der Waals surface area contributed by atoms with E-state index in [1.165, 1.54) is 6.40 Å². The standard InChI is InChI=1S/C11H20N2O/c1-10(2,3)9-7-14-8-12-13(9)11(4,5)6/h7-8H,1-6H3. The molecule has 0 unspecified atom stereocenters. The zero-order valence-electron chi connectivity index (χ0n) is 9.96. The number of ether oxygens (including phenoxy) is 1. The first-order chi connectivity index (χ1) is 6.23. The molecule has 0 aliphatic carbocycles. The van der Waals surface area contributed by atoms with Crippen LogP contribution in [0.25, 0.3) is 0 Å². The molecule has 1 aliphatic heterocycles. The van der Waals surface area contributed by atoms with Crippen LogP contribution >= 0.6 is 0 Å². The lowest BCUT2D eigenvalue weighted by atomic mass is 9.90. The Bertz CT molecular complexity index is 266. The second kappa shape index (κ2) is 3.30. The zero-order valence-corrected chi connectivity index (χ0v) is 9.96. The molecule has 0 aromatic heterocycles. The molecule has 3 nitrogen and oxygen atoms in total. The first kappa shape index (κ1) is 11.1. The molecule has 0 radical (unpaired) electrons.